The minimum Gasteiger partial charge on any atom is -0.507 e. The van der Waals surface area contributed by atoms with Crippen molar-refractivity contribution in [2.75, 3.05) is 6.61 Å². The Labute approximate surface area is 172 Å². The van der Waals surface area contributed by atoms with Gasteiger partial charge in [0.05, 0.1) is 6.61 Å². The van der Waals surface area contributed by atoms with Crippen LogP contribution >= 0.6 is 0 Å². The van der Waals surface area contributed by atoms with Gasteiger partial charge in [0, 0.05) is 6.42 Å². The first-order valence-corrected chi connectivity index (χ1v) is 11.6. The maximum Gasteiger partial charge on any atom is 0.306 e. The third kappa shape index (κ3) is 10.7. The number of carbonyl (C=O) groups excluding carboxylic acids is 1. The highest BCUT2D eigenvalue weighted by molar-refractivity contribution is 5.69. The van der Waals surface area contributed by atoms with Crippen LogP contribution in [0.2, 0.25) is 0 Å². The van der Waals surface area contributed by atoms with Crippen molar-refractivity contribution in [2.24, 2.45) is 0 Å². The maximum atomic E-state index is 11.9. The minimum atomic E-state index is -0.115. The molecule has 0 aliphatic carbocycles. The molecule has 3 nitrogen and oxygen atoms in total. The number of unbranched alkanes of at least 4 members (excludes halogenated alkanes) is 10. The maximum absolute atomic E-state index is 11.9. The molecule has 28 heavy (non-hydrogen) atoms. The fourth-order valence-electron chi connectivity index (χ4n) is 3.62. The minimum absolute atomic E-state index is 0.115. The number of ether oxygens (including phenoxy) is 1. The summed E-state index contributed by atoms with van der Waals surface area (Å²) in [6.07, 6.45) is 16.2. The van der Waals surface area contributed by atoms with Crippen LogP contribution in [0.25, 0.3) is 0 Å². The zero-order valence-corrected chi connectivity index (χ0v) is 18.5. The van der Waals surface area contributed by atoms with Crippen LogP contribution in [-0.4, -0.2) is 17.7 Å². The lowest BCUT2D eigenvalue weighted by molar-refractivity contribution is -0.143. The zero-order valence-electron chi connectivity index (χ0n) is 18.5. The van der Waals surface area contributed by atoms with E-state index in [1.54, 1.807) is 0 Å². The Balaban J connectivity index is 2.02. The molecular weight excluding hydrogens is 348 g/mol. The van der Waals surface area contributed by atoms with Crippen molar-refractivity contribution in [1.29, 1.82) is 0 Å². The number of benzene rings is 1. The summed E-state index contributed by atoms with van der Waals surface area (Å²) in [5, 5.41) is 9.99. The molecule has 3 heteroatoms. The lowest BCUT2D eigenvalue weighted by atomic mass is 10.0. The predicted molar refractivity (Wildman–Crippen MR) is 118 cm³/mol. The van der Waals surface area contributed by atoms with Gasteiger partial charge in [-0.15, -0.1) is 0 Å². The largest absolute Gasteiger partial charge is 0.507 e. The Morgan fingerprint density at radius 1 is 0.893 bits per heavy atom. The highest BCUT2D eigenvalue weighted by Gasteiger charge is 2.08. The van der Waals surface area contributed by atoms with E-state index in [4.69, 9.17) is 4.74 Å². The van der Waals surface area contributed by atoms with E-state index in [0.717, 1.165) is 36.0 Å². The number of esters is 1. The summed E-state index contributed by atoms with van der Waals surface area (Å²) in [7, 11) is 0. The van der Waals surface area contributed by atoms with Crippen molar-refractivity contribution in [3.05, 3.63) is 28.8 Å². The Bertz CT molecular complexity index is 551. The first-order valence-electron chi connectivity index (χ1n) is 11.6. The molecule has 0 aromatic heterocycles. The fraction of sp³-hybridized carbons (Fsp3) is 0.720. The van der Waals surface area contributed by atoms with Crippen LogP contribution in [0.4, 0.5) is 0 Å². The molecule has 0 unspecified atom stereocenters. The van der Waals surface area contributed by atoms with E-state index < -0.39 is 0 Å². The molecule has 0 saturated heterocycles. The summed E-state index contributed by atoms with van der Waals surface area (Å²) >= 11 is 0. The highest BCUT2D eigenvalue weighted by atomic mass is 16.5. The number of aromatic hydroxyl groups is 1. The van der Waals surface area contributed by atoms with Gasteiger partial charge in [-0.3, -0.25) is 4.79 Å². The lowest BCUT2D eigenvalue weighted by Crippen LogP contribution is -2.07. The molecule has 1 aromatic carbocycles. The third-order valence-electron chi connectivity index (χ3n) is 5.45. The Morgan fingerprint density at radius 2 is 1.46 bits per heavy atom. The molecule has 0 heterocycles. The van der Waals surface area contributed by atoms with Gasteiger partial charge in [0.25, 0.3) is 0 Å². The van der Waals surface area contributed by atoms with Crippen LogP contribution in [0.3, 0.4) is 0 Å². The van der Waals surface area contributed by atoms with Crippen molar-refractivity contribution in [1.82, 2.24) is 0 Å². The molecule has 0 bridgehead atoms. The number of aryl methyl sites for hydroxylation is 3. The van der Waals surface area contributed by atoms with E-state index in [1.807, 2.05) is 26.0 Å². The summed E-state index contributed by atoms with van der Waals surface area (Å²) in [6, 6.07) is 3.96. The molecule has 0 atom stereocenters. The second kappa shape index (κ2) is 15.4. The van der Waals surface area contributed by atoms with Gasteiger partial charge in [-0.25, -0.2) is 0 Å². The van der Waals surface area contributed by atoms with E-state index in [0.29, 0.717) is 25.2 Å². The summed E-state index contributed by atoms with van der Waals surface area (Å²) < 4.78 is 5.37. The quantitative estimate of drug-likeness (QED) is 0.243. The highest BCUT2D eigenvalue weighted by Crippen LogP contribution is 2.25. The molecule has 0 spiro atoms. The molecule has 1 rings (SSSR count). The van der Waals surface area contributed by atoms with E-state index in [-0.39, 0.29) is 5.97 Å². The lowest BCUT2D eigenvalue weighted by Gasteiger charge is -2.10. The van der Waals surface area contributed by atoms with Gasteiger partial charge in [-0.2, -0.15) is 0 Å². The van der Waals surface area contributed by atoms with E-state index in [1.165, 1.54) is 57.8 Å². The first-order chi connectivity index (χ1) is 13.6. The van der Waals surface area contributed by atoms with Crippen molar-refractivity contribution in [2.45, 2.75) is 111 Å². The number of phenolic OH excluding ortho intramolecular Hbond substituents is 1. The summed E-state index contributed by atoms with van der Waals surface area (Å²) in [6.45, 7) is 6.74. The molecule has 1 aromatic rings. The molecular formula is C25H42O3. The van der Waals surface area contributed by atoms with E-state index in [9.17, 15) is 9.90 Å². The first kappa shape index (κ1) is 24.5. The smallest absolute Gasteiger partial charge is 0.306 e. The Hall–Kier alpha value is -1.51. The van der Waals surface area contributed by atoms with Crippen LogP contribution in [-0.2, 0) is 22.4 Å². The molecule has 160 valence electrons. The SMILES string of the molecule is CCCCCCCCCCCCCOC(=O)CCc1cc(C)c(O)c(CC)c1. The second-order valence-electron chi connectivity index (χ2n) is 8.03. The average Bonchev–Trinajstić information content (AvgIpc) is 2.69. The topological polar surface area (TPSA) is 46.5 Å². The molecule has 0 aliphatic heterocycles. The standard InChI is InChI=1S/C25H42O3/c1-4-6-7-8-9-10-11-12-13-14-15-18-28-24(26)17-16-22-19-21(3)25(27)23(5-2)20-22/h19-20,27H,4-18H2,1-3H3. The van der Waals surface area contributed by atoms with Gasteiger partial charge in [-0.05, 0) is 42.9 Å². The van der Waals surface area contributed by atoms with Crippen molar-refractivity contribution in [3.8, 4) is 5.75 Å². The number of phenols is 1. The van der Waals surface area contributed by atoms with Gasteiger partial charge >= 0.3 is 5.97 Å². The molecule has 0 fully saturated rings. The molecule has 0 saturated carbocycles. The van der Waals surface area contributed by atoms with Crippen molar-refractivity contribution in [3.63, 3.8) is 0 Å². The van der Waals surface area contributed by atoms with Crippen LogP contribution < -0.4 is 0 Å². The number of rotatable bonds is 16. The third-order valence-corrected chi connectivity index (χ3v) is 5.45. The van der Waals surface area contributed by atoms with Crippen LogP contribution in [0.1, 0.15) is 108 Å². The van der Waals surface area contributed by atoms with Crippen molar-refractivity contribution >= 4 is 5.97 Å². The van der Waals surface area contributed by atoms with Gasteiger partial charge < -0.3 is 9.84 Å². The average molecular weight is 391 g/mol. The van der Waals surface area contributed by atoms with Gasteiger partial charge in [-0.1, -0.05) is 90.2 Å². The Morgan fingerprint density at radius 3 is 2.04 bits per heavy atom. The molecule has 0 radical (unpaired) electrons. The Kier molecular flexibility index (Phi) is 13.5. The zero-order chi connectivity index (χ0) is 20.6. The fourth-order valence-corrected chi connectivity index (χ4v) is 3.62. The van der Waals surface area contributed by atoms with E-state index in [2.05, 4.69) is 6.92 Å². The number of carbonyl (C=O) groups is 1. The molecule has 0 aliphatic rings. The van der Waals surface area contributed by atoms with E-state index >= 15 is 0 Å². The molecule has 1 N–H and O–H groups in total. The second-order valence-corrected chi connectivity index (χ2v) is 8.03. The molecule has 0 amide bonds. The van der Waals surface area contributed by atoms with Gasteiger partial charge in [0.1, 0.15) is 5.75 Å². The predicted octanol–water partition coefficient (Wildman–Crippen LogP) is 7.05. The number of hydrogen-bond acceptors (Lipinski definition) is 3. The van der Waals surface area contributed by atoms with Crippen LogP contribution in [0, 0.1) is 6.92 Å². The normalized spacial score (nSPS) is 11.0. The van der Waals surface area contributed by atoms with Gasteiger partial charge in [0.2, 0.25) is 0 Å². The number of hydrogen-bond donors (Lipinski definition) is 1. The summed E-state index contributed by atoms with van der Waals surface area (Å²) in [5.41, 5.74) is 2.92. The van der Waals surface area contributed by atoms with Crippen LogP contribution in [0.5, 0.6) is 5.75 Å². The monoisotopic (exact) mass is 390 g/mol. The summed E-state index contributed by atoms with van der Waals surface area (Å²) in [4.78, 5) is 11.9. The van der Waals surface area contributed by atoms with Gasteiger partial charge in [0.15, 0.2) is 0 Å². The van der Waals surface area contributed by atoms with Crippen LogP contribution in [0.15, 0.2) is 12.1 Å². The summed E-state index contributed by atoms with van der Waals surface area (Å²) in [5.74, 6) is 0.265. The van der Waals surface area contributed by atoms with Crippen molar-refractivity contribution < 1.29 is 14.6 Å².